The Labute approximate surface area is 203 Å². The van der Waals surface area contributed by atoms with Crippen molar-refractivity contribution in [3.63, 3.8) is 0 Å². The molecule has 33 heavy (non-hydrogen) atoms. The topological polar surface area (TPSA) is 69.7 Å². The van der Waals surface area contributed by atoms with Gasteiger partial charge in [0.2, 0.25) is 0 Å². The van der Waals surface area contributed by atoms with E-state index in [1.807, 2.05) is 0 Å². The van der Waals surface area contributed by atoms with Gasteiger partial charge in [0.15, 0.2) is 11.9 Å². The molecule has 0 spiro atoms. The summed E-state index contributed by atoms with van der Waals surface area (Å²) in [4.78, 5) is 34.3. The Morgan fingerprint density at radius 2 is 0.970 bits per heavy atom. The highest BCUT2D eigenvalue weighted by molar-refractivity contribution is 5.83. The molecule has 1 unspecified atom stereocenters. The number of esters is 2. The molecule has 0 fully saturated rings. The maximum Gasteiger partial charge on any atom is 0.306 e. The third-order valence-electron chi connectivity index (χ3n) is 6.15. The van der Waals surface area contributed by atoms with Crippen molar-refractivity contribution in [2.45, 2.75) is 155 Å². The van der Waals surface area contributed by atoms with Gasteiger partial charge >= 0.3 is 11.9 Å². The summed E-state index contributed by atoms with van der Waals surface area (Å²) >= 11 is 0. The number of rotatable bonds is 24. The highest BCUT2D eigenvalue weighted by Gasteiger charge is 2.13. The minimum absolute atomic E-state index is 0.166. The number of Topliss-reactive ketones (excluding diaryl/α,β-unsaturated/α-hetero) is 1. The first-order valence-electron chi connectivity index (χ1n) is 13.8. The van der Waals surface area contributed by atoms with E-state index in [9.17, 15) is 14.4 Å². The third-order valence-corrected chi connectivity index (χ3v) is 6.15. The summed E-state index contributed by atoms with van der Waals surface area (Å²) in [5, 5.41) is 0. The standard InChI is InChI=1S/C28H52O5/c1-4-5-6-7-8-9-10-11-12-13-14-15-16-17-18-21-24-32-27(30)22-19-20-23-28(31)33-26(3)25(2)29/h26H,4-24H2,1-3H3. The lowest BCUT2D eigenvalue weighted by Gasteiger charge is -2.09. The fourth-order valence-electron chi connectivity index (χ4n) is 3.79. The van der Waals surface area contributed by atoms with Crippen LogP contribution in [0.4, 0.5) is 0 Å². The molecular formula is C28H52O5. The number of hydrogen-bond donors (Lipinski definition) is 0. The van der Waals surface area contributed by atoms with Crippen LogP contribution in [-0.2, 0) is 23.9 Å². The minimum atomic E-state index is -0.692. The molecule has 0 amide bonds. The molecule has 5 heteroatoms. The average Bonchev–Trinajstić information content (AvgIpc) is 2.78. The van der Waals surface area contributed by atoms with E-state index >= 15 is 0 Å². The molecule has 5 nitrogen and oxygen atoms in total. The van der Waals surface area contributed by atoms with E-state index in [1.54, 1.807) is 6.92 Å². The molecule has 0 saturated heterocycles. The van der Waals surface area contributed by atoms with E-state index < -0.39 is 6.10 Å². The predicted molar refractivity (Wildman–Crippen MR) is 135 cm³/mol. The van der Waals surface area contributed by atoms with Crippen molar-refractivity contribution in [3.05, 3.63) is 0 Å². The van der Waals surface area contributed by atoms with Gasteiger partial charge in [0.1, 0.15) is 0 Å². The number of carbonyl (C=O) groups excluding carboxylic acids is 3. The van der Waals surface area contributed by atoms with Crippen molar-refractivity contribution >= 4 is 17.7 Å². The minimum Gasteiger partial charge on any atom is -0.466 e. The second-order valence-corrected chi connectivity index (χ2v) is 9.47. The summed E-state index contributed by atoms with van der Waals surface area (Å²) in [6, 6.07) is 0. The molecule has 0 bridgehead atoms. The van der Waals surface area contributed by atoms with E-state index in [1.165, 1.54) is 96.8 Å². The molecule has 1 atom stereocenters. The monoisotopic (exact) mass is 468 g/mol. The first-order valence-corrected chi connectivity index (χ1v) is 13.8. The maximum absolute atomic E-state index is 11.7. The highest BCUT2D eigenvalue weighted by atomic mass is 16.5. The highest BCUT2D eigenvalue weighted by Crippen LogP contribution is 2.14. The zero-order valence-corrected chi connectivity index (χ0v) is 22.0. The van der Waals surface area contributed by atoms with Crippen LogP contribution in [0.2, 0.25) is 0 Å². The Morgan fingerprint density at radius 3 is 1.39 bits per heavy atom. The van der Waals surface area contributed by atoms with Crippen molar-refractivity contribution in [2.75, 3.05) is 6.61 Å². The van der Waals surface area contributed by atoms with Crippen LogP contribution in [0.25, 0.3) is 0 Å². The number of hydrogen-bond acceptors (Lipinski definition) is 5. The van der Waals surface area contributed by atoms with Gasteiger partial charge < -0.3 is 9.47 Å². The number of carbonyl (C=O) groups is 3. The van der Waals surface area contributed by atoms with Crippen LogP contribution in [0, 0.1) is 0 Å². The molecule has 0 aromatic heterocycles. The quantitative estimate of drug-likeness (QED) is 0.106. The molecule has 0 aliphatic heterocycles. The largest absolute Gasteiger partial charge is 0.466 e. The molecule has 0 aromatic rings. The van der Waals surface area contributed by atoms with E-state index in [0.29, 0.717) is 25.9 Å². The van der Waals surface area contributed by atoms with Crippen molar-refractivity contribution in [2.24, 2.45) is 0 Å². The summed E-state index contributed by atoms with van der Waals surface area (Å²) in [6.07, 6.45) is 22.3. The molecule has 0 N–H and O–H groups in total. The van der Waals surface area contributed by atoms with Crippen molar-refractivity contribution in [1.29, 1.82) is 0 Å². The fourth-order valence-corrected chi connectivity index (χ4v) is 3.79. The van der Waals surface area contributed by atoms with Gasteiger partial charge in [-0.05, 0) is 33.1 Å². The molecule has 0 saturated carbocycles. The van der Waals surface area contributed by atoms with Gasteiger partial charge in [0.05, 0.1) is 6.61 Å². The molecule has 0 aliphatic carbocycles. The number of ether oxygens (including phenoxy) is 2. The molecule has 0 aromatic carbocycles. The van der Waals surface area contributed by atoms with Crippen LogP contribution in [0.15, 0.2) is 0 Å². The van der Waals surface area contributed by atoms with Gasteiger partial charge in [-0.15, -0.1) is 0 Å². The molecule has 194 valence electrons. The smallest absolute Gasteiger partial charge is 0.306 e. The molecule has 0 radical (unpaired) electrons. The normalized spacial score (nSPS) is 11.8. The van der Waals surface area contributed by atoms with Crippen LogP contribution in [0.3, 0.4) is 0 Å². The summed E-state index contributed by atoms with van der Waals surface area (Å²) in [5.41, 5.74) is 0. The Kier molecular flexibility index (Phi) is 22.8. The lowest BCUT2D eigenvalue weighted by molar-refractivity contribution is -0.153. The van der Waals surface area contributed by atoms with E-state index in [0.717, 1.165) is 12.8 Å². The van der Waals surface area contributed by atoms with Gasteiger partial charge in [0.25, 0.3) is 0 Å². The molecular weight excluding hydrogens is 416 g/mol. The zero-order valence-electron chi connectivity index (χ0n) is 22.0. The summed E-state index contributed by atoms with van der Waals surface area (Å²) in [6.45, 7) is 5.73. The van der Waals surface area contributed by atoms with Crippen LogP contribution in [0.5, 0.6) is 0 Å². The van der Waals surface area contributed by atoms with E-state index in [4.69, 9.17) is 9.47 Å². The van der Waals surface area contributed by atoms with E-state index in [-0.39, 0.29) is 24.1 Å². The van der Waals surface area contributed by atoms with Gasteiger partial charge in [-0.3, -0.25) is 14.4 Å². The van der Waals surface area contributed by atoms with E-state index in [2.05, 4.69) is 6.92 Å². The SMILES string of the molecule is CCCCCCCCCCCCCCCCCCOC(=O)CCCCC(=O)OC(C)C(C)=O. The lowest BCUT2D eigenvalue weighted by Crippen LogP contribution is -2.21. The number of unbranched alkanes of at least 4 members (excludes halogenated alkanes) is 16. The lowest BCUT2D eigenvalue weighted by atomic mass is 10.0. The van der Waals surface area contributed by atoms with Crippen LogP contribution >= 0.6 is 0 Å². The van der Waals surface area contributed by atoms with Gasteiger partial charge in [-0.25, -0.2) is 0 Å². The van der Waals surface area contributed by atoms with Crippen LogP contribution in [0.1, 0.15) is 149 Å². The Bertz CT molecular complexity index is 489. The summed E-state index contributed by atoms with van der Waals surface area (Å²) < 4.78 is 10.2. The molecule has 0 aliphatic rings. The second kappa shape index (κ2) is 23.8. The van der Waals surface area contributed by atoms with Gasteiger partial charge in [0, 0.05) is 12.8 Å². The van der Waals surface area contributed by atoms with Crippen molar-refractivity contribution in [3.8, 4) is 0 Å². The average molecular weight is 469 g/mol. The third kappa shape index (κ3) is 23.6. The van der Waals surface area contributed by atoms with Crippen LogP contribution < -0.4 is 0 Å². The van der Waals surface area contributed by atoms with Crippen molar-refractivity contribution < 1.29 is 23.9 Å². The first kappa shape index (κ1) is 31.6. The van der Waals surface area contributed by atoms with Gasteiger partial charge in [-0.2, -0.15) is 0 Å². The van der Waals surface area contributed by atoms with Crippen molar-refractivity contribution in [1.82, 2.24) is 0 Å². The Morgan fingerprint density at radius 1 is 0.576 bits per heavy atom. The van der Waals surface area contributed by atoms with Crippen LogP contribution in [-0.4, -0.2) is 30.4 Å². The summed E-state index contributed by atoms with van der Waals surface area (Å²) in [5.74, 6) is -0.748. The maximum atomic E-state index is 11.7. The predicted octanol–water partition coefficient (Wildman–Crippen LogP) is 7.87. The fraction of sp³-hybridized carbons (Fsp3) is 0.893. The Hall–Kier alpha value is -1.39. The zero-order chi connectivity index (χ0) is 24.6. The van der Waals surface area contributed by atoms with Gasteiger partial charge in [-0.1, -0.05) is 103 Å². The number of ketones is 1. The second-order valence-electron chi connectivity index (χ2n) is 9.47. The molecule has 0 rings (SSSR count). The Balaban J connectivity index is 3.28. The summed E-state index contributed by atoms with van der Waals surface area (Å²) in [7, 11) is 0. The molecule has 0 heterocycles. The first-order chi connectivity index (χ1) is 16.0.